The van der Waals surface area contributed by atoms with Gasteiger partial charge in [-0.05, 0) is 13.8 Å². The third-order valence-electron chi connectivity index (χ3n) is 3.40. The Bertz CT molecular complexity index is 465. The van der Waals surface area contributed by atoms with Gasteiger partial charge < -0.3 is 14.0 Å². The summed E-state index contributed by atoms with van der Waals surface area (Å²) in [5.41, 5.74) is -0.293. The molecule has 1 unspecified atom stereocenters. The van der Waals surface area contributed by atoms with Gasteiger partial charge in [0.05, 0.1) is 24.9 Å². The SMILES string of the molecule is COCC1CN(Cc2nc(C(C)(C)C)no2)CC(C)(C)O1. The molecule has 0 spiro atoms. The average Bonchev–Trinajstić information content (AvgIpc) is 2.75. The molecule has 0 N–H and O–H groups in total. The van der Waals surface area contributed by atoms with Gasteiger partial charge in [-0.15, -0.1) is 0 Å². The number of nitrogens with zero attached hydrogens (tertiary/aromatic N) is 3. The first-order valence-electron chi connectivity index (χ1n) is 7.42. The van der Waals surface area contributed by atoms with Crippen LogP contribution in [-0.4, -0.2) is 53.6 Å². The molecule has 6 heteroatoms. The number of morpholine rings is 1. The van der Waals surface area contributed by atoms with E-state index >= 15 is 0 Å². The molecule has 2 rings (SSSR count). The third-order valence-corrected chi connectivity index (χ3v) is 3.40. The van der Waals surface area contributed by atoms with Crippen LogP contribution in [0.4, 0.5) is 0 Å². The number of hydrogen-bond donors (Lipinski definition) is 0. The van der Waals surface area contributed by atoms with Crippen molar-refractivity contribution in [2.24, 2.45) is 0 Å². The summed E-state index contributed by atoms with van der Waals surface area (Å²) in [4.78, 5) is 6.79. The molecule has 1 atom stereocenters. The van der Waals surface area contributed by atoms with Crippen molar-refractivity contribution in [3.63, 3.8) is 0 Å². The van der Waals surface area contributed by atoms with E-state index < -0.39 is 0 Å². The smallest absolute Gasteiger partial charge is 0.240 e. The zero-order chi connectivity index (χ0) is 15.7. The molecule has 2 heterocycles. The minimum atomic E-state index is -0.200. The molecule has 0 saturated carbocycles. The Balaban J connectivity index is 2.02. The molecule has 0 radical (unpaired) electrons. The van der Waals surface area contributed by atoms with Crippen LogP contribution >= 0.6 is 0 Å². The Labute approximate surface area is 126 Å². The van der Waals surface area contributed by atoms with Gasteiger partial charge in [0.15, 0.2) is 5.82 Å². The van der Waals surface area contributed by atoms with E-state index in [1.807, 2.05) is 0 Å². The van der Waals surface area contributed by atoms with Crippen molar-refractivity contribution in [1.29, 1.82) is 0 Å². The Morgan fingerprint density at radius 1 is 1.38 bits per heavy atom. The van der Waals surface area contributed by atoms with Crippen molar-refractivity contribution >= 4 is 0 Å². The molecule has 0 aliphatic carbocycles. The fourth-order valence-corrected chi connectivity index (χ4v) is 2.62. The lowest BCUT2D eigenvalue weighted by Crippen LogP contribution is -2.53. The highest BCUT2D eigenvalue weighted by atomic mass is 16.5. The summed E-state index contributed by atoms with van der Waals surface area (Å²) in [5.74, 6) is 1.41. The molecule has 1 aromatic heterocycles. The fourth-order valence-electron chi connectivity index (χ4n) is 2.62. The maximum Gasteiger partial charge on any atom is 0.240 e. The highest BCUT2D eigenvalue weighted by molar-refractivity contribution is 5.00. The second kappa shape index (κ2) is 6.02. The third kappa shape index (κ3) is 4.49. The van der Waals surface area contributed by atoms with Gasteiger partial charge in [0.1, 0.15) is 0 Å². The predicted molar refractivity (Wildman–Crippen MR) is 79.1 cm³/mol. The lowest BCUT2D eigenvalue weighted by Gasteiger charge is -2.42. The van der Waals surface area contributed by atoms with Gasteiger partial charge in [-0.25, -0.2) is 0 Å². The minimum Gasteiger partial charge on any atom is -0.382 e. The number of ether oxygens (including phenoxy) is 2. The monoisotopic (exact) mass is 297 g/mol. The molecule has 1 saturated heterocycles. The highest BCUT2D eigenvalue weighted by Crippen LogP contribution is 2.23. The van der Waals surface area contributed by atoms with Crippen LogP contribution in [0.5, 0.6) is 0 Å². The van der Waals surface area contributed by atoms with E-state index in [0.29, 0.717) is 19.0 Å². The van der Waals surface area contributed by atoms with Crippen LogP contribution in [0.25, 0.3) is 0 Å². The fraction of sp³-hybridized carbons (Fsp3) is 0.867. The number of rotatable bonds is 4. The number of methoxy groups -OCH3 is 1. The van der Waals surface area contributed by atoms with E-state index in [1.165, 1.54) is 0 Å². The van der Waals surface area contributed by atoms with Crippen LogP contribution in [0.2, 0.25) is 0 Å². The molecule has 120 valence electrons. The van der Waals surface area contributed by atoms with Gasteiger partial charge >= 0.3 is 0 Å². The summed E-state index contributed by atoms with van der Waals surface area (Å²) in [5, 5.41) is 4.08. The zero-order valence-corrected chi connectivity index (χ0v) is 14.0. The lowest BCUT2D eigenvalue weighted by molar-refractivity contribution is -0.155. The van der Waals surface area contributed by atoms with Gasteiger partial charge in [0.2, 0.25) is 5.89 Å². The summed E-state index contributed by atoms with van der Waals surface area (Å²) in [6.07, 6.45) is 0.0729. The first kappa shape index (κ1) is 16.4. The highest BCUT2D eigenvalue weighted by Gasteiger charge is 2.34. The molecule has 21 heavy (non-hydrogen) atoms. The van der Waals surface area contributed by atoms with E-state index in [1.54, 1.807) is 7.11 Å². The van der Waals surface area contributed by atoms with E-state index in [4.69, 9.17) is 14.0 Å². The molecule has 0 amide bonds. The van der Waals surface area contributed by atoms with Crippen LogP contribution in [0.1, 0.15) is 46.3 Å². The molecule has 1 aromatic rings. The quantitative estimate of drug-likeness (QED) is 0.847. The van der Waals surface area contributed by atoms with Gasteiger partial charge in [0.25, 0.3) is 0 Å². The van der Waals surface area contributed by atoms with Crippen molar-refractivity contribution in [3.05, 3.63) is 11.7 Å². The molecular weight excluding hydrogens is 270 g/mol. The van der Waals surface area contributed by atoms with Gasteiger partial charge in [-0.1, -0.05) is 25.9 Å². The lowest BCUT2D eigenvalue weighted by atomic mass is 9.96. The van der Waals surface area contributed by atoms with Crippen LogP contribution in [0.3, 0.4) is 0 Å². The predicted octanol–water partition coefficient (Wildman–Crippen LogP) is 1.99. The second-order valence-corrected chi connectivity index (χ2v) is 7.39. The van der Waals surface area contributed by atoms with Crippen molar-refractivity contribution in [1.82, 2.24) is 15.0 Å². The molecule has 6 nitrogen and oxygen atoms in total. The Morgan fingerprint density at radius 3 is 2.67 bits per heavy atom. The standard InChI is InChI=1S/C15H27N3O3/c1-14(2,3)13-16-12(21-17-13)8-18-7-11(9-19-6)20-15(4,5)10-18/h11H,7-10H2,1-6H3. The maximum atomic E-state index is 6.01. The first-order chi connectivity index (χ1) is 9.69. The first-order valence-corrected chi connectivity index (χ1v) is 7.42. The molecule has 0 bridgehead atoms. The van der Waals surface area contributed by atoms with Crippen molar-refractivity contribution < 1.29 is 14.0 Å². The molecule has 0 aromatic carbocycles. The number of aromatic nitrogens is 2. The van der Waals surface area contributed by atoms with E-state index in [-0.39, 0.29) is 17.1 Å². The largest absolute Gasteiger partial charge is 0.382 e. The van der Waals surface area contributed by atoms with Gasteiger partial charge in [-0.3, -0.25) is 4.90 Å². The van der Waals surface area contributed by atoms with Gasteiger partial charge in [0, 0.05) is 25.6 Å². The Hall–Kier alpha value is -0.980. The minimum absolute atomic E-state index is 0.0729. The summed E-state index contributed by atoms with van der Waals surface area (Å²) >= 11 is 0. The molecule has 1 fully saturated rings. The Morgan fingerprint density at radius 2 is 2.10 bits per heavy atom. The summed E-state index contributed by atoms with van der Waals surface area (Å²) < 4.78 is 16.6. The molecule has 1 aliphatic rings. The van der Waals surface area contributed by atoms with Crippen LogP contribution in [0, 0.1) is 0 Å². The molecular formula is C15H27N3O3. The zero-order valence-electron chi connectivity index (χ0n) is 14.0. The van der Waals surface area contributed by atoms with E-state index in [0.717, 1.165) is 18.9 Å². The normalized spacial score (nSPS) is 23.4. The molecule has 1 aliphatic heterocycles. The summed E-state index contributed by atoms with van der Waals surface area (Å²) in [7, 11) is 1.70. The van der Waals surface area contributed by atoms with E-state index in [9.17, 15) is 0 Å². The number of hydrogen-bond acceptors (Lipinski definition) is 6. The van der Waals surface area contributed by atoms with Crippen LogP contribution in [0.15, 0.2) is 4.52 Å². The topological polar surface area (TPSA) is 60.6 Å². The Kier molecular flexibility index (Phi) is 4.70. The van der Waals surface area contributed by atoms with Crippen LogP contribution in [-0.2, 0) is 21.4 Å². The van der Waals surface area contributed by atoms with Gasteiger partial charge in [-0.2, -0.15) is 4.98 Å². The second-order valence-electron chi connectivity index (χ2n) is 7.39. The van der Waals surface area contributed by atoms with Crippen molar-refractivity contribution in [2.75, 3.05) is 26.8 Å². The summed E-state index contributed by atoms with van der Waals surface area (Å²) in [6.45, 7) is 13.3. The van der Waals surface area contributed by atoms with Crippen LogP contribution < -0.4 is 0 Å². The van der Waals surface area contributed by atoms with Crippen molar-refractivity contribution in [3.8, 4) is 0 Å². The average molecular weight is 297 g/mol. The van der Waals surface area contributed by atoms with E-state index in [2.05, 4.69) is 49.7 Å². The maximum absolute atomic E-state index is 6.01. The van der Waals surface area contributed by atoms with Crippen molar-refractivity contribution in [2.45, 2.75) is 58.3 Å². The summed E-state index contributed by atoms with van der Waals surface area (Å²) in [6, 6.07) is 0.